The zero-order chi connectivity index (χ0) is 6.85. The van der Waals surface area contributed by atoms with Gasteiger partial charge in [0.1, 0.15) is 11.9 Å². The molecule has 1 aliphatic heterocycles. The second kappa shape index (κ2) is 1.94. The third-order valence-corrected chi connectivity index (χ3v) is 0.854. The number of hydrogen-bond donors (Lipinski definition) is 2. The Morgan fingerprint density at radius 2 is 2.44 bits per heavy atom. The van der Waals surface area contributed by atoms with Crippen molar-refractivity contribution in [3.8, 4) is 0 Å². The molecule has 5 heteroatoms. The SMILES string of the molecule is NC1=NC(=O)N=CC1O. The van der Waals surface area contributed by atoms with Crippen LogP contribution >= 0.6 is 0 Å². The van der Waals surface area contributed by atoms with Gasteiger partial charge in [-0.2, -0.15) is 4.99 Å². The number of nitrogens with two attached hydrogens (primary N) is 1. The van der Waals surface area contributed by atoms with Crippen LogP contribution in [0.2, 0.25) is 0 Å². The molecule has 0 aromatic heterocycles. The lowest BCUT2D eigenvalue weighted by Crippen LogP contribution is -2.33. The number of rotatable bonds is 0. The summed E-state index contributed by atoms with van der Waals surface area (Å²) in [5, 5.41) is 8.74. The molecule has 1 unspecified atom stereocenters. The van der Waals surface area contributed by atoms with Crippen molar-refractivity contribution in [2.24, 2.45) is 15.7 Å². The predicted octanol–water partition coefficient (Wildman–Crippen LogP) is -1.09. The Morgan fingerprint density at radius 3 is 2.89 bits per heavy atom. The Balaban J connectivity index is 2.82. The summed E-state index contributed by atoms with van der Waals surface area (Å²) in [6, 6.07) is -0.669. The van der Waals surface area contributed by atoms with E-state index in [1.807, 2.05) is 0 Å². The molecule has 0 bridgehead atoms. The van der Waals surface area contributed by atoms with E-state index in [0.29, 0.717) is 0 Å². The number of hydrogen-bond acceptors (Lipinski definition) is 3. The van der Waals surface area contributed by atoms with Crippen LogP contribution in [0.25, 0.3) is 0 Å². The summed E-state index contributed by atoms with van der Waals surface area (Å²) in [5.74, 6) is -0.102. The standard InChI is InChI=1S/C4H5N3O2/c5-3-2(8)1-6-4(9)7-3/h1-2,8H,(H2,5,7,9). The normalized spacial score (nSPS) is 26.1. The van der Waals surface area contributed by atoms with Crippen LogP contribution in [0.15, 0.2) is 9.98 Å². The van der Waals surface area contributed by atoms with Crippen LogP contribution in [0, 0.1) is 0 Å². The van der Waals surface area contributed by atoms with Crippen LogP contribution in [0.3, 0.4) is 0 Å². The first-order chi connectivity index (χ1) is 4.20. The number of nitrogens with zero attached hydrogens (tertiary/aromatic N) is 2. The molecule has 1 aliphatic rings. The van der Waals surface area contributed by atoms with E-state index in [1.54, 1.807) is 0 Å². The van der Waals surface area contributed by atoms with Crippen molar-refractivity contribution in [3.63, 3.8) is 0 Å². The van der Waals surface area contributed by atoms with Crippen molar-refractivity contribution < 1.29 is 9.90 Å². The number of carbonyl (C=O) groups excluding carboxylic acids is 1. The Hall–Kier alpha value is -1.23. The Kier molecular flexibility index (Phi) is 1.27. The van der Waals surface area contributed by atoms with Crippen molar-refractivity contribution >= 4 is 18.1 Å². The molecule has 0 saturated carbocycles. The number of amides is 2. The Bertz CT molecular complexity index is 196. The maximum Gasteiger partial charge on any atom is 0.368 e. The van der Waals surface area contributed by atoms with E-state index in [1.165, 1.54) is 0 Å². The summed E-state index contributed by atoms with van der Waals surface area (Å²) < 4.78 is 0. The molecule has 0 fully saturated rings. The van der Waals surface area contributed by atoms with E-state index in [4.69, 9.17) is 10.8 Å². The molecule has 0 aromatic rings. The summed E-state index contributed by atoms with van der Waals surface area (Å²) in [6.45, 7) is 0. The van der Waals surface area contributed by atoms with Gasteiger partial charge in [-0.3, -0.25) is 0 Å². The molecule has 3 N–H and O–H groups in total. The van der Waals surface area contributed by atoms with Crippen molar-refractivity contribution in [1.29, 1.82) is 0 Å². The van der Waals surface area contributed by atoms with Crippen LogP contribution < -0.4 is 5.73 Å². The van der Waals surface area contributed by atoms with E-state index in [9.17, 15) is 4.79 Å². The first-order valence-electron chi connectivity index (χ1n) is 2.30. The van der Waals surface area contributed by atoms with Crippen molar-refractivity contribution in [1.82, 2.24) is 0 Å². The maximum absolute atomic E-state index is 10.2. The van der Waals surface area contributed by atoms with Gasteiger partial charge in [0.25, 0.3) is 0 Å². The summed E-state index contributed by atoms with van der Waals surface area (Å²) in [4.78, 5) is 16.6. The van der Waals surface area contributed by atoms with E-state index in [0.717, 1.165) is 6.21 Å². The number of aliphatic hydroxyl groups excluding tert-OH is 1. The van der Waals surface area contributed by atoms with Crippen molar-refractivity contribution in [3.05, 3.63) is 0 Å². The first-order valence-corrected chi connectivity index (χ1v) is 2.30. The fourth-order valence-electron chi connectivity index (χ4n) is 0.416. The highest BCUT2D eigenvalue weighted by atomic mass is 16.3. The van der Waals surface area contributed by atoms with Gasteiger partial charge in [-0.25, -0.2) is 9.79 Å². The second-order valence-corrected chi connectivity index (χ2v) is 1.54. The molecule has 5 nitrogen and oxygen atoms in total. The van der Waals surface area contributed by atoms with Crippen LogP contribution in [-0.2, 0) is 0 Å². The van der Waals surface area contributed by atoms with Crippen LogP contribution in [0.4, 0.5) is 4.79 Å². The number of carbonyl (C=O) groups is 1. The molecule has 0 aromatic carbocycles. The van der Waals surface area contributed by atoms with Crippen molar-refractivity contribution in [2.75, 3.05) is 0 Å². The summed E-state index contributed by atoms with van der Waals surface area (Å²) in [6.07, 6.45) is 0.0488. The topological polar surface area (TPSA) is 88.0 Å². The fraction of sp³-hybridized carbons (Fsp3) is 0.250. The second-order valence-electron chi connectivity index (χ2n) is 1.54. The smallest absolute Gasteiger partial charge is 0.368 e. The molecule has 0 spiro atoms. The molecule has 0 aliphatic carbocycles. The minimum absolute atomic E-state index is 0.102. The van der Waals surface area contributed by atoms with Gasteiger partial charge in [0, 0.05) is 6.21 Å². The summed E-state index contributed by atoms with van der Waals surface area (Å²) >= 11 is 0. The lowest BCUT2D eigenvalue weighted by atomic mass is 10.3. The molecule has 1 atom stereocenters. The van der Waals surface area contributed by atoms with Gasteiger partial charge < -0.3 is 10.8 Å². The molecule has 1 heterocycles. The third kappa shape index (κ3) is 1.11. The molecular formula is C4H5N3O2. The zero-order valence-corrected chi connectivity index (χ0v) is 4.48. The maximum atomic E-state index is 10.2. The molecule has 0 saturated heterocycles. The van der Waals surface area contributed by atoms with Crippen LogP contribution in [0.5, 0.6) is 0 Å². The highest BCUT2D eigenvalue weighted by molar-refractivity contribution is 6.09. The number of aliphatic hydroxyl groups is 1. The van der Waals surface area contributed by atoms with E-state index in [2.05, 4.69) is 9.98 Å². The van der Waals surface area contributed by atoms with Gasteiger partial charge in [0.05, 0.1) is 0 Å². The quantitative estimate of drug-likeness (QED) is 0.433. The Morgan fingerprint density at radius 1 is 1.78 bits per heavy atom. The molecule has 9 heavy (non-hydrogen) atoms. The van der Waals surface area contributed by atoms with E-state index in [-0.39, 0.29) is 5.84 Å². The monoisotopic (exact) mass is 127 g/mol. The molecule has 48 valence electrons. The highest BCUT2D eigenvalue weighted by Gasteiger charge is 2.12. The summed E-state index contributed by atoms with van der Waals surface area (Å²) in [7, 11) is 0. The minimum Gasteiger partial charge on any atom is -0.384 e. The first kappa shape index (κ1) is 5.90. The molecular weight excluding hydrogens is 122 g/mol. The summed E-state index contributed by atoms with van der Waals surface area (Å²) in [5.41, 5.74) is 5.06. The van der Waals surface area contributed by atoms with Gasteiger partial charge in [-0.15, -0.1) is 0 Å². The van der Waals surface area contributed by atoms with Gasteiger partial charge in [0.2, 0.25) is 0 Å². The van der Waals surface area contributed by atoms with E-state index < -0.39 is 12.1 Å². The molecule has 0 radical (unpaired) electrons. The average Bonchev–Trinajstić information content (AvgIpc) is 1.80. The highest BCUT2D eigenvalue weighted by Crippen LogP contribution is 1.91. The van der Waals surface area contributed by atoms with Gasteiger partial charge >= 0.3 is 6.03 Å². The van der Waals surface area contributed by atoms with Gasteiger partial charge in [0.15, 0.2) is 0 Å². The molecule has 1 rings (SSSR count). The predicted molar refractivity (Wildman–Crippen MR) is 31.5 cm³/mol. The largest absolute Gasteiger partial charge is 0.384 e. The minimum atomic E-state index is -0.998. The van der Waals surface area contributed by atoms with Gasteiger partial charge in [-0.05, 0) is 0 Å². The average molecular weight is 127 g/mol. The lowest BCUT2D eigenvalue weighted by molar-refractivity contribution is 0.254. The molecule has 2 amide bonds. The zero-order valence-electron chi connectivity index (χ0n) is 4.48. The van der Waals surface area contributed by atoms with E-state index >= 15 is 0 Å². The van der Waals surface area contributed by atoms with Crippen molar-refractivity contribution in [2.45, 2.75) is 6.10 Å². The van der Waals surface area contributed by atoms with Crippen LogP contribution in [-0.4, -0.2) is 29.3 Å². The van der Waals surface area contributed by atoms with Crippen LogP contribution in [0.1, 0.15) is 0 Å². The number of aliphatic imine (C=N–C) groups is 2. The number of urea groups is 1. The third-order valence-electron chi connectivity index (χ3n) is 0.854. The Labute approximate surface area is 50.9 Å². The lowest BCUT2D eigenvalue weighted by Gasteiger charge is -2.04. The van der Waals surface area contributed by atoms with Gasteiger partial charge in [-0.1, -0.05) is 0 Å². The fourth-order valence-corrected chi connectivity index (χ4v) is 0.416. The number of amidine groups is 1.